The van der Waals surface area contributed by atoms with Crippen molar-refractivity contribution in [3.63, 3.8) is 0 Å². The predicted molar refractivity (Wildman–Crippen MR) is 104 cm³/mol. The maximum atomic E-state index is 11.8. The van der Waals surface area contributed by atoms with Crippen molar-refractivity contribution in [1.82, 2.24) is 10.2 Å². The van der Waals surface area contributed by atoms with Gasteiger partial charge >= 0.3 is 5.97 Å². The predicted octanol–water partition coefficient (Wildman–Crippen LogP) is 1.97. The molecule has 1 saturated carbocycles. The molecule has 0 bridgehead atoms. The summed E-state index contributed by atoms with van der Waals surface area (Å²) in [6, 6.07) is 6.83. The first-order chi connectivity index (χ1) is 13.0. The van der Waals surface area contributed by atoms with Crippen molar-refractivity contribution in [1.29, 1.82) is 0 Å². The number of hydrogen-bond donors (Lipinski definition) is 2. The van der Waals surface area contributed by atoms with Crippen molar-refractivity contribution < 1.29 is 14.3 Å². The molecule has 7 heteroatoms. The summed E-state index contributed by atoms with van der Waals surface area (Å²) in [6.07, 6.45) is 3.26. The summed E-state index contributed by atoms with van der Waals surface area (Å²) in [5.41, 5.74) is 9.21. The molecule has 7 nitrogen and oxygen atoms in total. The number of nitrogens with two attached hydrogens (primary N) is 1. The lowest BCUT2D eigenvalue weighted by atomic mass is 10.0. The lowest BCUT2D eigenvalue weighted by molar-refractivity contribution is -0.128. The Hall–Kier alpha value is -2.83. The first-order valence-electron chi connectivity index (χ1n) is 9.22. The number of esters is 1. The Morgan fingerprint density at radius 1 is 1.37 bits per heavy atom. The lowest BCUT2D eigenvalue weighted by Gasteiger charge is -2.30. The van der Waals surface area contributed by atoms with Gasteiger partial charge in [0.2, 0.25) is 5.91 Å². The van der Waals surface area contributed by atoms with Crippen LogP contribution in [0.1, 0.15) is 36.5 Å². The molecular formula is C20H26N4O3. The number of carbonyl (C=O) groups is 2. The first kappa shape index (κ1) is 18.9. The zero-order valence-electron chi connectivity index (χ0n) is 15.8. The summed E-state index contributed by atoms with van der Waals surface area (Å²) in [5.74, 6) is 0.701. The van der Waals surface area contributed by atoms with Crippen molar-refractivity contribution in [2.75, 3.05) is 26.7 Å². The van der Waals surface area contributed by atoms with E-state index in [0.717, 1.165) is 30.2 Å². The largest absolute Gasteiger partial charge is 0.465 e. The topological polar surface area (TPSA) is 97.0 Å². The molecule has 3 rings (SSSR count). The van der Waals surface area contributed by atoms with Gasteiger partial charge in [0, 0.05) is 37.7 Å². The van der Waals surface area contributed by atoms with Gasteiger partial charge in [-0.05, 0) is 37.0 Å². The fourth-order valence-corrected chi connectivity index (χ4v) is 3.08. The van der Waals surface area contributed by atoms with E-state index in [1.54, 1.807) is 36.1 Å². The number of nitrogens with one attached hydrogen (secondary N) is 1. The fourth-order valence-electron chi connectivity index (χ4n) is 3.08. The molecule has 144 valence electrons. The number of amides is 1. The Kier molecular flexibility index (Phi) is 5.78. The molecule has 1 aliphatic heterocycles. The molecule has 3 N–H and O–H groups in total. The first-order valence-corrected chi connectivity index (χ1v) is 9.22. The number of benzene rings is 1. The van der Waals surface area contributed by atoms with Crippen molar-refractivity contribution in [3.05, 3.63) is 41.1 Å². The quantitative estimate of drug-likeness (QED) is 0.453. The van der Waals surface area contributed by atoms with Gasteiger partial charge in [-0.2, -0.15) is 0 Å². The summed E-state index contributed by atoms with van der Waals surface area (Å²) in [5, 5.41) is 3.51. The van der Waals surface area contributed by atoms with E-state index in [-0.39, 0.29) is 5.91 Å². The highest BCUT2D eigenvalue weighted by atomic mass is 16.5. The summed E-state index contributed by atoms with van der Waals surface area (Å²) >= 11 is 0. The molecule has 27 heavy (non-hydrogen) atoms. The second kappa shape index (κ2) is 8.24. The zero-order valence-corrected chi connectivity index (χ0v) is 15.8. The summed E-state index contributed by atoms with van der Waals surface area (Å²) in [4.78, 5) is 29.8. The third kappa shape index (κ3) is 4.87. The van der Waals surface area contributed by atoms with Gasteiger partial charge in [-0.3, -0.25) is 4.79 Å². The van der Waals surface area contributed by atoms with Gasteiger partial charge in [0.05, 0.1) is 24.9 Å². The molecular weight excluding hydrogens is 344 g/mol. The van der Waals surface area contributed by atoms with Gasteiger partial charge in [-0.15, -0.1) is 0 Å². The van der Waals surface area contributed by atoms with Crippen molar-refractivity contribution >= 4 is 23.4 Å². The van der Waals surface area contributed by atoms with Crippen LogP contribution in [0.5, 0.6) is 0 Å². The zero-order chi connectivity index (χ0) is 19.4. The third-order valence-electron chi connectivity index (χ3n) is 4.92. The van der Waals surface area contributed by atoms with Crippen LogP contribution in [0.3, 0.4) is 0 Å². The smallest absolute Gasteiger partial charge is 0.337 e. The minimum absolute atomic E-state index is 0.0224. The molecule has 0 saturated heterocycles. The van der Waals surface area contributed by atoms with Gasteiger partial charge < -0.3 is 20.7 Å². The summed E-state index contributed by atoms with van der Waals surface area (Å²) < 4.78 is 4.75. The number of rotatable bonds is 6. The highest BCUT2D eigenvalue weighted by Crippen LogP contribution is 2.29. The second-order valence-electron chi connectivity index (χ2n) is 7.01. The molecule has 1 aromatic carbocycles. The van der Waals surface area contributed by atoms with E-state index in [4.69, 9.17) is 10.5 Å². The number of hydrogen-bond acceptors (Lipinski definition) is 5. The maximum Gasteiger partial charge on any atom is 0.337 e. The number of aliphatic imine (C=N–C) groups is 1. The standard InChI is InChI=1S/C20H26N4O3/c1-13(25)24-9-8-18(22-11-14-6-7-14)17(12-24)19(21)23-16-5-3-4-15(10-16)20(26)27-2/h3-5,10,14,22H,6-9,11-12H2,1-2H3,(H2,21,23). The van der Waals surface area contributed by atoms with Crippen LogP contribution in [0.2, 0.25) is 0 Å². The van der Waals surface area contributed by atoms with Crippen LogP contribution in [0.15, 0.2) is 40.5 Å². The van der Waals surface area contributed by atoms with Crippen LogP contribution in [0.4, 0.5) is 5.69 Å². The van der Waals surface area contributed by atoms with Crippen molar-refractivity contribution in [2.24, 2.45) is 16.6 Å². The maximum absolute atomic E-state index is 11.8. The number of methoxy groups -OCH3 is 1. The van der Waals surface area contributed by atoms with Crippen molar-refractivity contribution in [2.45, 2.75) is 26.2 Å². The van der Waals surface area contributed by atoms with Crippen LogP contribution in [-0.2, 0) is 9.53 Å². The summed E-state index contributed by atoms with van der Waals surface area (Å²) in [7, 11) is 1.34. The Labute approximate surface area is 159 Å². The van der Waals surface area contributed by atoms with E-state index in [0.29, 0.717) is 30.2 Å². The van der Waals surface area contributed by atoms with Crippen LogP contribution >= 0.6 is 0 Å². The average molecular weight is 370 g/mol. The highest BCUT2D eigenvalue weighted by Gasteiger charge is 2.26. The molecule has 0 spiro atoms. The molecule has 1 aromatic rings. The normalized spacial score (nSPS) is 17.7. The Bertz CT molecular complexity index is 796. The Morgan fingerprint density at radius 3 is 2.81 bits per heavy atom. The lowest BCUT2D eigenvalue weighted by Crippen LogP contribution is -2.41. The fraction of sp³-hybridized carbons (Fsp3) is 0.450. The van der Waals surface area contributed by atoms with Crippen LogP contribution in [-0.4, -0.2) is 49.4 Å². The van der Waals surface area contributed by atoms with Gasteiger partial charge in [-0.25, -0.2) is 9.79 Å². The number of carbonyl (C=O) groups excluding carboxylic acids is 2. The van der Waals surface area contributed by atoms with E-state index < -0.39 is 5.97 Å². The van der Waals surface area contributed by atoms with Gasteiger partial charge in [0.1, 0.15) is 5.84 Å². The third-order valence-corrected chi connectivity index (χ3v) is 4.92. The SMILES string of the molecule is COC(=O)c1cccc(N=C(N)C2=C(NCC3CC3)CCN(C(C)=O)C2)c1. The molecule has 0 aromatic heterocycles. The highest BCUT2D eigenvalue weighted by molar-refractivity contribution is 6.00. The van der Waals surface area contributed by atoms with E-state index in [9.17, 15) is 9.59 Å². The monoisotopic (exact) mass is 370 g/mol. The van der Waals surface area contributed by atoms with Gasteiger partial charge in [0.25, 0.3) is 0 Å². The van der Waals surface area contributed by atoms with E-state index in [1.807, 2.05) is 0 Å². The van der Waals surface area contributed by atoms with Gasteiger partial charge in [0.15, 0.2) is 0 Å². The van der Waals surface area contributed by atoms with Crippen LogP contribution < -0.4 is 11.1 Å². The van der Waals surface area contributed by atoms with Crippen molar-refractivity contribution in [3.8, 4) is 0 Å². The van der Waals surface area contributed by atoms with E-state index in [1.165, 1.54) is 20.0 Å². The molecule has 0 radical (unpaired) electrons. The molecule has 0 unspecified atom stereocenters. The minimum atomic E-state index is -0.419. The molecule has 0 atom stereocenters. The average Bonchev–Trinajstić information content (AvgIpc) is 3.50. The Balaban J connectivity index is 1.86. The summed E-state index contributed by atoms with van der Waals surface area (Å²) in [6.45, 7) is 3.61. The number of amidine groups is 1. The van der Waals surface area contributed by atoms with Gasteiger partial charge in [-0.1, -0.05) is 6.07 Å². The van der Waals surface area contributed by atoms with Crippen LogP contribution in [0, 0.1) is 5.92 Å². The van der Waals surface area contributed by atoms with Crippen LogP contribution in [0.25, 0.3) is 0 Å². The molecule has 1 amide bonds. The number of ether oxygens (including phenoxy) is 1. The Morgan fingerprint density at radius 2 is 2.15 bits per heavy atom. The van der Waals surface area contributed by atoms with E-state index in [2.05, 4.69) is 10.3 Å². The molecule has 1 heterocycles. The minimum Gasteiger partial charge on any atom is -0.465 e. The molecule has 1 fully saturated rings. The molecule has 1 aliphatic carbocycles. The number of nitrogens with zero attached hydrogens (tertiary/aromatic N) is 2. The van der Waals surface area contributed by atoms with E-state index >= 15 is 0 Å². The second-order valence-corrected chi connectivity index (χ2v) is 7.01. The molecule has 2 aliphatic rings.